The molecule has 2 aromatic heterocycles. The molecule has 3 heterocycles. The van der Waals surface area contributed by atoms with Crippen LogP contribution in [0.5, 0.6) is 0 Å². The highest BCUT2D eigenvalue weighted by atomic mass is 16.2. The van der Waals surface area contributed by atoms with Crippen LogP contribution in [-0.4, -0.2) is 75.7 Å². The molecule has 2 aliphatic rings. The van der Waals surface area contributed by atoms with E-state index in [9.17, 15) is 4.79 Å². The maximum absolute atomic E-state index is 13.0. The summed E-state index contributed by atoms with van der Waals surface area (Å²) in [6.07, 6.45) is 6.11. The number of pyridine rings is 1. The fourth-order valence-electron chi connectivity index (χ4n) is 4.21. The summed E-state index contributed by atoms with van der Waals surface area (Å²) in [5.74, 6) is 1.93. The summed E-state index contributed by atoms with van der Waals surface area (Å²) in [6.45, 7) is 3.84. The van der Waals surface area contributed by atoms with E-state index in [1.165, 1.54) is 18.4 Å². The van der Waals surface area contributed by atoms with Crippen LogP contribution in [0.15, 0.2) is 48.9 Å². The molecule has 0 N–H and O–H groups in total. The van der Waals surface area contributed by atoms with Crippen LogP contribution in [0.25, 0.3) is 11.4 Å². The lowest BCUT2D eigenvalue weighted by molar-refractivity contribution is 0.0746. The first-order valence-corrected chi connectivity index (χ1v) is 11.2. The number of hydrogen-bond donors (Lipinski definition) is 0. The van der Waals surface area contributed by atoms with E-state index >= 15 is 0 Å². The zero-order valence-electron chi connectivity index (χ0n) is 18.7. The molecule has 166 valence electrons. The van der Waals surface area contributed by atoms with E-state index in [1.54, 1.807) is 6.33 Å². The largest absolute Gasteiger partial charge is 0.353 e. The monoisotopic (exact) mass is 431 g/mol. The average Bonchev–Trinajstić information content (AvgIpc) is 3.55. The number of amides is 1. The SMILES string of the molecule is CN(C)Cc1ccc(N2CCN(C(=O)c3ccc(-c4nncn4C4CC4)cc3)CC2)nc1. The zero-order chi connectivity index (χ0) is 22.1. The predicted octanol–water partition coefficient (Wildman–Crippen LogP) is 2.70. The molecule has 0 spiro atoms. The molecule has 0 bridgehead atoms. The summed E-state index contributed by atoms with van der Waals surface area (Å²) in [6, 6.07) is 12.5. The fraction of sp³-hybridized carbons (Fsp3) is 0.417. The van der Waals surface area contributed by atoms with Crippen LogP contribution >= 0.6 is 0 Å². The maximum atomic E-state index is 13.0. The van der Waals surface area contributed by atoms with Crippen molar-refractivity contribution in [2.24, 2.45) is 0 Å². The average molecular weight is 432 g/mol. The molecule has 1 aliphatic heterocycles. The lowest BCUT2D eigenvalue weighted by Gasteiger charge is -2.35. The Morgan fingerprint density at radius 1 is 1.03 bits per heavy atom. The van der Waals surface area contributed by atoms with Gasteiger partial charge in [-0.15, -0.1) is 10.2 Å². The van der Waals surface area contributed by atoms with Crippen LogP contribution in [0.1, 0.15) is 34.8 Å². The predicted molar refractivity (Wildman–Crippen MR) is 123 cm³/mol. The lowest BCUT2D eigenvalue weighted by Crippen LogP contribution is -2.49. The van der Waals surface area contributed by atoms with E-state index in [0.717, 1.165) is 36.8 Å². The topological polar surface area (TPSA) is 70.4 Å². The number of rotatable bonds is 6. The van der Waals surface area contributed by atoms with Gasteiger partial charge < -0.3 is 19.3 Å². The quantitative estimate of drug-likeness (QED) is 0.598. The molecular formula is C24H29N7O. The van der Waals surface area contributed by atoms with Crippen molar-refractivity contribution in [1.82, 2.24) is 29.5 Å². The van der Waals surface area contributed by atoms with Crippen molar-refractivity contribution >= 4 is 11.7 Å². The minimum Gasteiger partial charge on any atom is -0.353 e. The molecule has 5 rings (SSSR count). The molecular weight excluding hydrogens is 402 g/mol. The van der Waals surface area contributed by atoms with Crippen molar-refractivity contribution < 1.29 is 4.79 Å². The molecule has 2 fully saturated rings. The van der Waals surface area contributed by atoms with Gasteiger partial charge in [-0.1, -0.05) is 18.2 Å². The first-order valence-electron chi connectivity index (χ1n) is 11.2. The van der Waals surface area contributed by atoms with Gasteiger partial charge in [0, 0.05) is 56.1 Å². The number of anilines is 1. The smallest absolute Gasteiger partial charge is 0.253 e. The number of hydrogen-bond acceptors (Lipinski definition) is 6. The van der Waals surface area contributed by atoms with E-state index in [4.69, 9.17) is 0 Å². The number of carbonyl (C=O) groups excluding carboxylic acids is 1. The second-order valence-electron chi connectivity index (χ2n) is 8.91. The van der Waals surface area contributed by atoms with Gasteiger partial charge in [-0.3, -0.25) is 4.79 Å². The summed E-state index contributed by atoms with van der Waals surface area (Å²) in [7, 11) is 4.11. The second kappa shape index (κ2) is 8.70. The Kier molecular flexibility index (Phi) is 5.61. The molecule has 1 saturated carbocycles. The van der Waals surface area contributed by atoms with Crippen LogP contribution in [-0.2, 0) is 6.54 Å². The van der Waals surface area contributed by atoms with Gasteiger partial charge in [-0.25, -0.2) is 4.98 Å². The fourth-order valence-corrected chi connectivity index (χ4v) is 4.21. The summed E-state index contributed by atoms with van der Waals surface area (Å²) in [4.78, 5) is 24.0. The van der Waals surface area contributed by atoms with Crippen LogP contribution < -0.4 is 4.90 Å². The summed E-state index contributed by atoms with van der Waals surface area (Å²) < 4.78 is 2.14. The number of piperazine rings is 1. The van der Waals surface area contributed by atoms with Crippen molar-refractivity contribution in [2.75, 3.05) is 45.2 Å². The van der Waals surface area contributed by atoms with Crippen LogP contribution in [0.3, 0.4) is 0 Å². The van der Waals surface area contributed by atoms with Crippen LogP contribution in [0.4, 0.5) is 5.82 Å². The lowest BCUT2D eigenvalue weighted by atomic mass is 10.1. The zero-order valence-corrected chi connectivity index (χ0v) is 18.7. The maximum Gasteiger partial charge on any atom is 0.253 e. The van der Waals surface area contributed by atoms with Gasteiger partial charge in [-0.2, -0.15) is 0 Å². The highest BCUT2D eigenvalue weighted by Gasteiger charge is 2.27. The van der Waals surface area contributed by atoms with E-state index in [-0.39, 0.29) is 5.91 Å². The van der Waals surface area contributed by atoms with E-state index in [1.807, 2.05) is 35.4 Å². The molecule has 1 saturated heterocycles. The first kappa shape index (κ1) is 20.6. The Bertz CT molecular complexity index is 1060. The van der Waals surface area contributed by atoms with Gasteiger partial charge in [0.15, 0.2) is 5.82 Å². The molecule has 8 nitrogen and oxygen atoms in total. The third-order valence-electron chi connectivity index (χ3n) is 6.10. The van der Waals surface area contributed by atoms with Crippen molar-refractivity contribution in [3.63, 3.8) is 0 Å². The minimum absolute atomic E-state index is 0.0779. The highest BCUT2D eigenvalue weighted by Crippen LogP contribution is 2.37. The second-order valence-corrected chi connectivity index (χ2v) is 8.91. The Morgan fingerprint density at radius 3 is 2.41 bits per heavy atom. The summed E-state index contributed by atoms with van der Waals surface area (Å²) >= 11 is 0. The number of carbonyl (C=O) groups is 1. The van der Waals surface area contributed by atoms with Crippen LogP contribution in [0, 0.1) is 0 Å². The van der Waals surface area contributed by atoms with Crippen molar-refractivity contribution in [3.05, 3.63) is 60.0 Å². The molecule has 1 aliphatic carbocycles. The van der Waals surface area contributed by atoms with Gasteiger partial charge in [0.2, 0.25) is 0 Å². The van der Waals surface area contributed by atoms with Gasteiger partial charge in [0.05, 0.1) is 0 Å². The number of nitrogens with zero attached hydrogens (tertiary/aromatic N) is 7. The molecule has 32 heavy (non-hydrogen) atoms. The Hall–Kier alpha value is -3.26. The molecule has 0 radical (unpaired) electrons. The van der Waals surface area contributed by atoms with Crippen molar-refractivity contribution in [1.29, 1.82) is 0 Å². The van der Waals surface area contributed by atoms with Gasteiger partial charge in [-0.05, 0) is 50.7 Å². The third kappa shape index (κ3) is 4.36. The Morgan fingerprint density at radius 2 is 1.78 bits per heavy atom. The van der Waals surface area contributed by atoms with Crippen molar-refractivity contribution in [2.45, 2.75) is 25.4 Å². The molecule has 3 aromatic rings. The summed E-state index contributed by atoms with van der Waals surface area (Å²) in [5.41, 5.74) is 2.91. The Balaban J connectivity index is 1.19. The molecule has 1 aromatic carbocycles. The molecule has 1 amide bonds. The number of benzene rings is 1. The molecule has 8 heteroatoms. The van der Waals surface area contributed by atoms with Gasteiger partial charge >= 0.3 is 0 Å². The van der Waals surface area contributed by atoms with Crippen molar-refractivity contribution in [3.8, 4) is 11.4 Å². The number of aromatic nitrogens is 4. The van der Waals surface area contributed by atoms with E-state index < -0.39 is 0 Å². The third-order valence-corrected chi connectivity index (χ3v) is 6.10. The first-order chi connectivity index (χ1) is 15.6. The standard InChI is InChI=1S/C24H29N7O/c1-28(2)16-18-3-10-22(25-15-18)29-11-13-30(14-12-29)24(32)20-6-4-19(5-7-20)23-27-26-17-31(23)21-8-9-21/h3-7,10,15,17,21H,8-9,11-14,16H2,1-2H3. The van der Waals surface area contributed by atoms with E-state index in [0.29, 0.717) is 24.7 Å². The van der Waals surface area contributed by atoms with Gasteiger partial charge in [0.25, 0.3) is 5.91 Å². The highest BCUT2D eigenvalue weighted by molar-refractivity contribution is 5.94. The van der Waals surface area contributed by atoms with Gasteiger partial charge in [0.1, 0.15) is 12.1 Å². The Labute approximate surface area is 188 Å². The normalized spacial score (nSPS) is 16.6. The summed E-state index contributed by atoms with van der Waals surface area (Å²) in [5, 5.41) is 8.34. The minimum atomic E-state index is 0.0779. The molecule has 0 unspecified atom stereocenters. The molecule has 0 atom stereocenters. The van der Waals surface area contributed by atoms with Crippen LogP contribution in [0.2, 0.25) is 0 Å². The van der Waals surface area contributed by atoms with E-state index in [2.05, 4.69) is 55.8 Å².